The second-order valence-electron chi connectivity index (χ2n) is 6.63. The molecule has 0 aromatic heterocycles. The highest BCUT2D eigenvalue weighted by atomic mass is 79.9. The topological polar surface area (TPSA) is 93.5 Å². The molecule has 154 valence electrons. The van der Waals surface area contributed by atoms with Gasteiger partial charge in [0.25, 0.3) is 11.6 Å². The fraction of sp³-hybridized carbons (Fsp3) is 0.136. The summed E-state index contributed by atoms with van der Waals surface area (Å²) in [5.41, 5.74) is 3.61. The fourth-order valence-corrected chi connectivity index (χ4v) is 3.28. The molecule has 3 aromatic rings. The van der Waals surface area contributed by atoms with E-state index in [2.05, 4.69) is 26.6 Å². The first-order valence-corrected chi connectivity index (χ1v) is 9.96. The maximum Gasteiger partial charge on any atom is 0.269 e. The Bertz CT molecular complexity index is 1050. The van der Waals surface area contributed by atoms with Gasteiger partial charge in [-0.3, -0.25) is 14.9 Å². The molecule has 3 rings (SSSR count). The van der Waals surface area contributed by atoms with Crippen molar-refractivity contribution in [1.29, 1.82) is 0 Å². The first-order valence-electron chi connectivity index (χ1n) is 9.17. The van der Waals surface area contributed by atoms with E-state index in [9.17, 15) is 14.9 Å². The molecule has 8 heteroatoms. The molecule has 30 heavy (non-hydrogen) atoms. The zero-order valence-corrected chi connectivity index (χ0v) is 17.8. The van der Waals surface area contributed by atoms with Gasteiger partial charge in [0.05, 0.1) is 9.40 Å². The van der Waals surface area contributed by atoms with Crippen LogP contribution in [0.25, 0.3) is 0 Å². The van der Waals surface area contributed by atoms with Crippen molar-refractivity contribution < 1.29 is 14.5 Å². The smallest absolute Gasteiger partial charge is 0.269 e. The van der Waals surface area contributed by atoms with E-state index in [0.29, 0.717) is 12.3 Å². The third kappa shape index (κ3) is 6.05. The normalized spacial score (nSPS) is 10.3. The first kappa shape index (κ1) is 21.3. The summed E-state index contributed by atoms with van der Waals surface area (Å²) in [5.74, 6) is 0.324. The number of carbonyl (C=O) groups is 1. The van der Waals surface area contributed by atoms with Gasteiger partial charge >= 0.3 is 0 Å². The Kier molecular flexibility index (Phi) is 7.03. The van der Waals surface area contributed by atoms with E-state index >= 15 is 0 Å². The molecular formula is C22H20BrN3O4. The summed E-state index contributed by atoms with van der Waals surface area (Å²) in [6.45, 7) is 2.39. The summed E-state index contributed by atoms with van der Waals surface area (Å²) >= 11 is 3.47. The molecule has 3 aromatic carbocycles. The van der Waals surface area contributed by atoms with Gasteiger partial charge in [-0.1, -0.05) is 18.2 Å². The molecular weight excluding hydrogens is 450 g/mol. The lowest BCUT2D eigenvalue weighted by atomic mass is 10.2. The van der Waals surface area contributed by atoms with E-state index in [1.54, 1.807) is 18.2 Å². The van der Waals surface area contributed by atoms with Crippen molar-refractivity contribution in [2.45, 2.75) is 13.5 Å². The molecule has 0 radical (unpaired) electrons. The average molecular weight is 470 g/mol. The predicted molar refractivity (Wildman–Crippen MR) is 120 cm³/mol. The van der Waals surface area contributed by atoms with Gasteiger partial charge in [0.1, 0.15) is 5.75 Å². The second-order valence-corrected chi connectivity index (χ2v) is 7.48. The number of nitro benzene ring substituents is 1. The van der Waals surface area contributed by atoms with Crippen LogP contribution in [0.2, 0.25) is 0 Å². The van der Waals surface area contributed by atoms with Crippen LogP contribution in [0.4, 0.5) is 17.1 Å². The number of aryl methyl sites for hydroxylation is 1. The Balaban J connectivity index is 1.52. The fourth-order valence-electron chi connectivity index (χ4n) is 2.74. The van der Waals surface area contributed by atoms with Crippen molar-refractivity contribution >= 4 is 38.9 Å². The molecule has 1 amide bonds. The average Bonchev–Trinajstić information content (AvgIpc) is 2.72. The lowest BCUT2D eigenvalue weighted by Crippen LogP contribution is -2.20. The highest BCUT2D eigenvalue weighted by Crippen LogP contribution is 2.26. The third-order valence-corrected chi connectivity index (χ3v) is 4.85. The Morgan fingerprint density at radius 3 is 2.50 bits per heavy atom. The Morgan fingerprint density at radius 1 is 1.07 bits per heavy atom. The molecule has 0 spiro atoms. The van der Waals surface area contributed by atoms with Crippen molar-refractivity contribution in [2.24, 2.45) is 0 Å². The monoisotopic (exact) mass is 469 g/mol. The highest BCUT2D eigenvalue weighted by molar-refractivity contribution is 9.10. The van der Waals surface area contributed by atoms with Crippen molar-refractivity contribution in [1.82, 2.24) is 0 Å². The van der Waals surface area contributed by atoms with Crippen LogP contribution in [0, 0.1) is 17.0 Å². The number of hydrogen-bond donors (Lipinski definition) is 2. The minimum atomic E-state index is -0.430. The molecule has 0 fully saturated rings. The maximum absolute atomic E-state index is 12.1. The standard InChI is InChI=1S/C22H20BrN3O4/c1-15-3-2-4-18(11-15)25-22(27)14-30-21-10-5-16(12-20(21)23)13-24-17-6-8-19(9-7-17)26(28)29/h2-12,24H,13-14H2,1H3,(H,25,27). The lowest BCUT2D eigenvalue weighted by molar-refractivity contribution is -0.384. The van der Waals surface area contributed by atoms with Crippen LogP contribution >= 0.6 is 15.9 Å². The molecule has 7 nitrogen and oxygen atoms in total. The number of nitro groups is 1. The SMILES string of the molecule is Cc1cccc(NC(=O)COc2ccc(CNc3ccc([N+](=O)[O-])cc3)cc2Br)c1. The quantitative estimate of drug-likeness (QED) is 0.345. The number of halogens is 1. The van der Waals surface area contributed by atoms with E-state index in [1.165, 1.54) is 12.1 Å². The van der Waals surface area contributed by atoms with Gasteiger partial charge in [0.15, 0.2) is 6.61 Å². The van der Waals surface area contributed by atoms with Crippen molar-refractivity contribution in [3.63, 3.8) is 0 Å². The summed E-state index contributed by atoms with van der Waals surface area (Å²) in [4.78, 5) is 22.4. The molecule has 0 saturated heterocycles. The summed E-state index contributed by atoms with van der Waals surface area (Å²) in [5, 5.41) is 16.7. The number of ether oxygens (including phenoxy) is 1. The Hall–Kier alpha value is -3.39. The van der Waals surface area contributed by atoms with Crippen molar-refractivity contribution in [2.75, 3.05) is 17.2 Å². The molecule has 0 aliphatic carbocycles. The summed E-state index contributed by atoms with van der Waals surface area (Å²) in [6, 6.07) is 19.4. The molecule has 0 unspecified atom stereocenters. The van der Waals surface area contributed by atoms with Crippen LogP contribution in [0.5, 0.6) is 5.75 Å². The summed E-state index contributed by atoms with van der Waals surface area (Å²) < 4.78 is 6.34. The van der Waals surface area contributed by atoms with Gasteiger partial charge in [-0.25, -0.2) is 0 Å². The van der Waals surface area contributed by atoms with Gasteiger partial charge in [-0.05, 0) is 70.4 Å². The number of nitrogens with one attached hydrogen (secondary N) is 2. The van der Waals surface area contributed by atoms with E-state index in [-0.39, 0.29) is 18.2 Å². The van der Waals surface area contributed by atoms with E-state index in [4.69, 9.17) is 4.74 Å². The predicted octanol–water partition coefficient (Wildman–Crippen LogP) is 5.30. The number of amides is 1. The molecule has 0 saturated carbocycles. The molecule has 0 atom stereocenters. The van der Waals surface area contributed by atoms with Crippen LogP contribution in [0.15, 0.2) is 71.2 Å². The number of carbonyl (C=O) groups excluding carboxylic acids is 1. The molecule has 0 bridgehead atoms. The Labute approximate surface area is 182 Å². The lowest BCUT2D eigenvalue weighted by Gasteiger charge is -2.11. The van der Waals surface area contributed by atoms with Crippen LogP contribution in [-0.4, -0.2) is 17.4 Å². The molecule has 0 aliphatic heterocycles. The third-order valence-electron chi connectivity index (χ3n) is 4.23. The van der Waals surface area contributed by atoms with Gasteiger partial charge in [-0.15, -0.1) is 0 Å². The van der Waals surface area contributed by atoms with E-state index < -0.39 is 4.92 Å². The minimum Gasteiger partial charge on any atom is -0.483 e. The zero-order chi connectivity index (χ0) is 21.5. The maximum atomic E-state index is 12.1. The molecule has 0 aliphatic rings. The van der Waals surface area contributed by atoms with Crippen LogP contribution in [-0.2, 0) is 11.3 Å². The van der Waals surface area contributed by atoms with Gasteiger partial charge in [0.2, 0.25) is 0 Å². The number of hydrogen-bond acceptors (Lipinski definition) is 5. The van der Waals surface area contributed by atoms with E-state index in [1.807, 2.05) is 43.3 Å². The van der Waals surface area contributed by atoms with E-state index in [0.717, 1.165) is 27.0 Å². The first-order chi connectivity index (χ1) is 14.4. The molecule has 2 N–H and O–H groups in total. The van der Waals surface area contributed by atoms with Crippen molar-refractivity contribution in [3.8, 4) is 5.75 Å². The van der Waals surface area contributed by atoms with Crippen LogP contribution in [0.3, 0.4) is 0 Å². The van der Waals surface area contributed by atoms with Crippen LogP contribution < -0.4 is 15.4 Å². The van der Waals surface area contributed by atoms with Gasteiger partial charge < -0.3 is 15.4 Å². The highest BCUT2D eigenvalue weighted by Gasteiger charge is 2.08. The van der Waals surface area contributed by atoms with Gasteiger partial charge in [-0.2, -0.15) is 0 Å². The second kappa shape index (κ2) is 9.89. The number of non-ortho nitro benzene ring substituents is 1. The number of anilines is 2. The largest absolute Gasteiger partial charge is 0.483 e. The molecule has 0 heterocycles. The minimum absolute atomic E-state index is 0.0521. The zero-order valence-electron chi connectivity index (χ0n) is 16.2. The Morgan fingerprint density at radius 2 is 1.83 bits per heavy atom. The van der Waals surface area contributed by atoms with Gasteiger partial charge in [0, 0.05) is 30.1 Å². The van der Waals surface area contributed by atoms with Crippen molar-refractivity contribution in [3.05, 3.63) is 92.4 Å². The summed E-state index contributed by atoms with van der Waals surface area (Å²) in [6.07, 6.45) is 0. The summed E-state index contributed by atoms with van der Waals surface area (Å²) in [7, 11) is 0. The number of benzene rings is 3. The number of rotatable bonds is 8. The van der Waals surface area contributed by atoms with Crippen LogP contribution in [0.1, 0.15) is 11.1 Å². The number of nitrogens with zero attached hydrogens (tertiary/aromatic N) is 1.